The maximum absolute atomic E-state index is 6.27. The van der Waals surface area contributed by atoms with Gasteiger partial charge in [0.15, 0.2) is 5.75 Å². The molecule has 0 fully saturated rings. The zero-order valence-corrected chi connectivity index (χ0v) is 13.7. The number of rotatable bonds is 8. The Morgan fingerprint density at radius 1 is 1.21 bits per heavy atom. The van der Waals surface area contributed by atoms with Gasteiger partial charge in [-0.3, -0.25) is 0 Å². The van der Waals surface area contributed by atoms with E-state index >= 15 is 0 Å². The lowest BCUT2D eigenvalue weighted by Gasteiger charge is -2.25. The van der Waals surface area contributed by atoms with Crippen LogP contribution in [0.4, 0.5) is 0 Å². The fourth-order valence-electron chi connectivity index (χ4n) is 1.96. The van der Waals surface area contributed by atoms with Crippen LogP contribution in [-0.2, 0) is 0 Å². The maximum Gasteiger partial charge on any atom is 0.245 e. The molecule has 1 aromatic carbocycles. The number of ether oxygens (including phenoxy) is 1. The first kappa shape index (κ1) is 15.8. The minimum absolute atomic E-state index is 0.647. The van der Waals surface area contributed by atoms with Crippen molar-refractivity contribution in [2.75, 3.05) is 6.61 Å². The SMILES string of the molecule is C=Cc1ccc(O[Si](C)(C)CCCC)c(OCC)c1. The Balaban J connectivity index is 2.89. The summed E-state index contributed by atoms with van der Waals surface area (Å²) in [6.45, 7) is 13.2. The van der Waals surface area contributed by atoms with Crippen molar-refractivity contribution in [1.82, 2.24) is 0 Å². The molecule has 0 aromatic heterocycles. The van der Waals surface area contributed by atoms with Crippen LogP contribution in [0, 0.1) is 0 Å². The van der Waals surface area contributed by atoms with Crippen LogP contribution in [0.15, 0.2) is 24.8 Å². The Bertz CT molecular complexity index is 413. The predicted molar refractivity (Wildman–Crippen MR) is 85.5 cm³/mol. The van der Waals surface area contributed by atoms with Gasteiger partial charge in [-0.25, -0.2) is 0 Å². The van der Waals surface area contributed by atoms with Crippen molar-refractivity contribution in [2.45, 2.75) is 45.8 Å². The lowest BCUT2D eigenvalue weighted by Crippen LogP contribution is -2.34. The molecular formula is C16H26O2Si. The molecule has 0 unspecified atom stereocenters. The van der Waals surface area contributed by atoms with Gasteiger partial charge in [0, 0.05) is 0 Å². The molecule has 0 spiro atoms. The summed E-state index contributed by atoms with van der Waals surface area (Å²) >= 11 is 0. The summed E-state index contributed by atoms with van der Waals surface area (Å²) in [5.41, 5.74) is 1.06. The second-order valence-corrected chi connectivity index (χ2v) is 9.53. The highest BCUT2D eigenvalue weighted by molar-refractivity contribution is 6.71. The van der Waals surface area contributed by atoms with Crippen molar-refractivity contribution < 1.29 is 9.16 Å². The van der Waals surface area contributed by atoms with E-state index in [1.165, 1.54) is 18.9 Å². The quantitative estimate of drug-likeness (QED) is 0.615. The van der Waals surface area contributed by atoms with Gasteiger partial charge < -0.3 is 9.16 Å². The molecular weight excluding hydrogens is 252 g/mol. The summed E-state index contributed by atoms with van der Waals surface area (Å²) in [7, 11) is -1.66. The van der Waals surface area contributed by atoms with E-state index in [4.69, 9.17) is 9.16 Å². The Hall–Kier alpha value is -1.22. The summed E-state index contributed by atoms with van der Waals surface area (Å²) < 4.78 is 11.9. The molecule has 3 heteroatoms. The van der Waals surface area contributed by atoms with Gasteiger partial charge in [0.25, 0.3) is 0 Å². The molecule has 1 aromatic rings. The molecule has 0 radical (unpaired) electrons. The van der Waals surface area contributed by atoms with Crippen LogP contribution in [0.2, 0.25) is 19.1 Å². The van der Waals surface area contributed by atoms with E-state index in [1.807, 2.05) is 31.2 Å². The van der Waals surface area contributed by atoms with Gasteiger partial charge in [-0.05, 0) is 43.8 Å². The van der Waals surface area contributed by atoms with Gasteiger partial charge in [-0.1, -0.05) is 38.5 Å². The summed E-state index contributed by atoms with van der Waals surface area (Å²) in [5.74, 6) is 1.71. The van der Waals surface area contributed by atoms with Crippen molar-refractivity contribution in [3.05, 3.63) is 30.3 Å². The maximum atomic E-state index is 6.27. The lowest BCUT2D eigenvalue weighted by atomic mass is 10.2. The second-order valence-electron chi connectivity index (χ2n) is 5.31. The summed E-state index contributed by atoms with van der Waals surface area (Å²) in [6.07, 6.45) is 4.27. The van der Waals surface area contributed by atoms with Crippen LogP contribution in [0.3, 0.4) is 0 Å². The van der Waals surface area contributed by atoms with Crippen molar-refractivity contribution in [2.24, 2.45) is 0 Å². The highest BCUT2D eigenvalue weighted by atomic mass is 28.4. The molecule has 19 heavy (non-hydrogen) atoms. The Morgan fingerprint density at radius 3 is 2.53 bits per heavy atom. The standard InChI is InChI=1S/C16H26O2Si/c1-6-9-12-19(4,5)18-15-11-10-14(7-2)13-16(15)17-8-3/h7,10-11,13H,2,6,8-9,12H2,1,3-5H3. The lowest BCUT2D eigenvalue weighted by molar-refractivity contribution is 0.326. The van der Waals surface area contributed by atoms with Gasteiger partial charge in [0.1, 0.15) is 5.75 Å². The van der Waals surface area contributed by atoms with Gasteiger partial charge in [0.05, 0.1) is 6.61 Å². The number of benzene rings is 1. The largest absolute Gasteiger partial charge is 0.542 e. The number of hydrogen-bond acceptors (Lipinski definition) is 2. The first-order valence-electron chi connectivity index (χ1n) is 7.10. The summed E-state index contributed by atoms with van der Waals surface area (Å²) in [5, 5.41) is 0. The van der Waals surface area contributed by atoms with Gasteiger partial charge >= 0.3 is 0 Å². The third kappa shape index (κ3) is 5.11. The number of hydrogen-bond donors (Lipinski definition) is 0. The Labute approximate surface area is 118 Å². The zero-order valence-electron chi connectivity index (χ0n) is 12.7. The highest BCUT2D eigenvalue weighted by Gasteiger charge is 2.25. The molecule has 1 rings (SSSR count). The fourth-order valence-corrected chi connectivity index (χ4v) is 4.03. The smallest absolute Gasteiger partial charge is 0.245 e. The molecule has 106 valence electrons. The molecule has 0 aliphatic rings. The molecule has 0 aliphatic carbocycles. The molecule has 2 nitrogen and oxygen atoms in total. The van der Waals surface area contributed by atoms with Gasteiger partial charge in [-0.2, -0.15) is 0 Å². The van der Waals surface area contributed by atoms with Crippen molar-refractivity contribution in [3.63, 3.8) is 0 Å². The van der Waals surface area contributed by atoms with Gasteiger partial charge in [-0.15, -0.1) is 0 Å². The van der Waals surface area contributed by atoms with Crippen LogP contribution in [0.5, 0.6) is 11.5 Å². The zero-order chi connectivity index (χ0) is 14.3. The second kappa shape index (κ2) is 7.39. The molecule has 0 atom stereocenters. The van der Waals surface area contributed by atoms with E-state index in [1.54, 1.807) is 0 Å². The Kier molecular flexibility index (Phi) is 6.16. The van der Waals surface area contributed by atoms with Crippen LogP contribution in [-0.4, -0.2) is 14.9 Å². The molecule has 0 heterocycles. The first-order valence-corrected chi connectivity index (χ1v) is 10.2. The Morgan fingerprint density at radius 2 is 1.95 bits per heavy atom. The van der Waals surface area contributed by atoms with Crippen LogP contribution in [0.1, 0.15) is 32.3 Å². The van der Waals surface area contributed by atoms with E-state index in [0.29, 0.717) is 6.61 Å². The molecule has 0 aliphatic heterocycles. The van der Waals surface area contributed by atoms with E-state index in [0.717, 1.165) is 17.1 Å². The molecule has 0 bridgehead atoms. The number of unbranched alkanes of at least 4 members (excludes halogenated alkanes) is 1. The van der Waals surface area contributed by atoms with E-state index in [2.05, 4.69) is 26.6 Å². The minimum atomic E-state index is -1.66. The topological polar surface area (TPSA) is 18.5 Å². The average molecular weight is 278 g/mol. The highest BCUT2D eigenvalue weighted by Crippen LogP contribution is 2.32. The first-order chi connectivity index (χ1) is 9.02. The monoisotopic (exact) mass is 278 g/mol. The normalized spacial score (nSPS) is 11.2. The van der Waals surface area contributed by atoms with Crippen molar-refractivity contribution >= 4 is 14.4 Å². The fraction of sp³-hybridized carbons (Fsp3) is 0.500. The van der Waals surface area contributed by atoms with E-state index < -0.39 is 8.32 Å². The molecule has 0 amide bonds. The van der Waals surface area contributed by atoms with E-state index in [-0.39, 0.29) is 0 Å². The summed E-state index contributed by atoms with van der Waals surface area (Å²) in [4.78, 5) is 0. The predicted octanol–water partition coefficient (Wildman–Crippen LogP) is 5.11. The van der Waals surface area contributed by atoms with E-state index in [9.17, 15) is 0 Å². The third-order valence-corrected chi connectivity index (χ3v) is 5.35. The van der Waals surface area contributed by atoms with Crippen LogP contribution in [0.25, 0.3) is 6.08 Å². The van der Waals surface area contributed by atoms with Crippen LogP contribution < -0.4 is 9.16 Å². The third-order valence-electron chi connectivity index (χ3n) is 3.02. The van der Waals surface area contributed by atoms with Crippen molar-refractivity contribution in [3.8, 4) is 11.5 Å². The minimum Gasteiger partial charge on any atom is -0.542 e. The van der Waals surface area contributed by atoms with Crippen molar-refractivity contribution in [1.29, 1.82) is 0 Å². The average Bonchev–Trinajstić information content (AvgIpc) is 2.38. The van der Waals surface area contributed by atoms with Crippen LogP contribution >= 0.6 is 0 Å². The van der Waals surface area contributed by atoms with Gasteiger partial charge in [0.2, 0.25) is 8.32 Å². The molecule has 0 saturated carbocycles. The molecule has 0 saturated heterocycles. The summed E-state index contributed by atoms with van der Waals surface area (Å²) in [6, 6.07) is 7.20. The molecule has 0 N–H and O–H groups in total.